The van der Waals surface area contributed by atoms with E-state index in [0.29, 0.717) is 32.2 Å². The molecule has 0 atom stereocenters. The van der Waals surface area contributed by atoms with Crippen LogP contribution in [0.5, 0.6) is 0 Å². The van der Waals surface area contributed by atoms with Gasteiger partial charge in [0.1, 0.15) is 0 Å². The first-order valence-electron chi connectivity index (χ1n) is 6.68. The predicted molar refractivity (Wildman–Crippen MR) is 77.1 cm³/mol. The molecule has 0 unspecified atom stereocenters. The highest BCUT2D eigenvalue weighted by atomic mass is 16.5. The van der Waals surface area contributed by atoms with Crippen molar-refractivity contribution in [1.29, 1.82) is 0 Å². The van der Waals surface area contributed by atoms with Gasteiger partial charge in [-0.2, -0.15) is 0 Å². The first-order valence-corrected chi connectivity index (χ1v) is 6.68. The summed E-state index contributed by atoms with van der Waals surface area (Å²) in [6.07, 6.45) is 0. The number of benzene rings is 1. The molecule has 0 saturated carbocycles. The van der Waals surface area contributed by atoms with E-state index in [1.54, 1.807) is 7.11 Å². The summed E-state index contributed by atoms with van der Waals surface area (Å²) >= 11 is 0. The molecule has 4 nitrogen and oxygen atoms in total. The minimum absolute atomic E-state index is 0.00384. The average Bonchev–Trinajstić information content (AvgIpc) is 2.39. The number of hydrogen-bond acceptors (Lipinski definition) is 3. The quantitative estimate of drug-likeness (QED) is 0.702. The standard InChI is InChI=1S/C15H24N2O2/c1-12(2)14-6-4-13(5-7-14)10-16-11-15(18)17-8-9-19-3/h4-7,12,16H,8-11H2,1-3H3,(H,17,18). The van der Waals surface area contributed by atoms with Crippen LogP contribution >= 0.6 is 0 Å². The van der Waals surface area contributed by atoms with E-state index in [4.69, 9.17) is 4.74 Å². The summed E-state index contributed by atoms with van der Waals surface area (Å²) in [7, 11) is 1.62. The summed E-state index contributed by atoms with van der Waals surface area (Å²) in [6, 6.07) is 8.48. The highest BCUT2D eigenvalue weighted by Crippen LogP contribution is 2.14. The average molecular weight is 264 g/mol. The first kappa shape index (κ1) is 15.7. The zero-order valence-corrected chi connectivity index (χ0v) is 12.0. The van der Waals surface area contributed by atoms with Crippen molar-refractivity contribution in [2.75, 3.05) is 26.8 Å². The number of carbonyl (C=O) groups excluding carboxylic acids is 1. The number of amides is 1. The fourth-order valence-corrected chi connectivity index (χ4v) is 1.70. The van der Waals surface area contributed by atoms with E-state index in [0.717, 1.165) is 0 Å². The van der Waals surface area contributed by atoms with Crippen LogP contribution < -0.4 is 10.6 Å². The fourth-order valence-electron chi connectivity index (χ4n) is 1.70. The molecule has 0 bridgehead atoms. The second-order valence-electron chi connectivity index (χ2n) is 4.84. The third kappa shape index (κ3) is 6.36. The van der Waals surface area contributed by atoms with Gasteiger partial charge in [-0.3, -0.25) is 4.79 Å². The minimum Gasteiger partial charge on any atom is -0.383 e. The van der Waals surface area contributed by atoms with Gasteiger partial charge in [0.05, 0.1) is 13.2 Å². The van der Waals surface area contributed by atoms with Gasteiger partial charge < -0.3 is 15.4 Å². The molecule has 0 radical (unpaired) electrons. The van der Waals surface area contributed by atoms with Crippen molar-refractivity contribution in [3.8, 4) is 0 Å². The highest BCUT2D eigenvalue weighted by Gasteiger charge is 2.01. The number of nitrogens with one attached hydrogen (secondary N) is 2. The lowest BCUT2D eigenvalue weighted by molar-refractivity contribution is -0.120. The van der Waals surface area contributed by atoms with Gasteiger partial charge in [-0.15, -0.1) is 0 Å². The van der Waals surface area contributed by atoms with Gasteiger partial charge >= 0.3 is 0 Å². The molecule has 106 valence electrons. The summed E-state index contributed by atoms with van der Waals surface area (Å²) in [5.41, 5.74) is 2.52. The van der Waals surface area contributed by atoms with Crippen molar-refractivity contribution in [3.05, 3.63) is 35.4 Å². The zero-order valence-electron chi connectivity index (χ0n) is 12.0. The van der Waals surface area contributed by atoms with Crippen LogP contribution in [0.3, 0.4) is 0 Å². The maximum Gasteiger partial charge on any atom is 0.234 e. The number of methoxy groups -OCH3 is 1. The largest absolute Gasteiger partial charge is 0.383 e. The van der Waals surface area contributed by atoms with Gasteiger partial charge in [-0.1, -0.05) is 38.1 Å². The third-order valence-electron chi connectivity index (χ3n) is 2.89. The van der Waals surface area contributed by atoms with Crippen molar-refractivity contribution < 1.29 is 9.53 Å². The SMILES string of the molecule is COCCNC(=O)CNCc1ccc(C(C)C)cc1. The molecule has 19 heavy (non-hydrogen) atoms. The number of carbonyl (C=O) groups is 1. The van der Waals surface area contributed by atoms with Gasteiger partial charge in [0, 0.05) is 20.2 Å². The molecule has 1 aromatic rings. The lowest BCUT2D eigenvalue weighted by Crippen LogP contribution is -2.35. The molecule has 0 aliphatic carbocycles. The number of ether oxygens (including phenoxy) is 1. The lowest BCUT2D eigenvalue weighted by Gasteiger charge is -2.08. The van der Waals surface area contributed by atoms with Crippen LogP contribution in [0.25, 0.3) is 0 Å². The molecule has 0 heterocycles. The van der Waals surface area contributed by atoms with Crippen molar-refractivity contribution >= 4 is 5.91 Å². The molecule has 0 aromatic heterocycles. The maximum absolute atomic E-state index is 11.4. The van der Waals surface area contributed by atoms with E-state index in [2.05, 4.69) is 48.7 Å². The number of hydrogen-bond donors (Lipinski definition) is 2. The molecule has 0 spiro atoms. The Labute approximate surface area is 115 Å². The Kier molecular flexibility index (Phi) is 7.15. The Balaban J connectivity index is 2.23. The molecule has 1 aromatic carbocycles. The maximum atomic E-state index is 11.4. The first-order chi connectivity index (χ1) is 9.13. The van der Waals surface area contributed by atoms with E-state index >= 15 is 0 Å². The smallest absolute Gasteiger partial charge is 0.234 e. The Bertz CT molecular complexity index is 374. The Morgan fingerprint density at radius 3 is 2.53 bits per heavy atom. The number of rotatable bonds is 8. The molecule has 0 aliphatic heterocycles. The van der Waals surface area contributed by atoms with E-state index in [1.165, 1.54) is 11.1 Å². The van der Waals surface area contributed by atoms with E-state index in [1.807, 2.05) is 0 Å². The summed E-state index contributed by atoms with van der Waals surface area (Å²) in [5.74, 6) is 0.546. The van der Waals surface area contributed by atoms with Gasteiger partial charge in [0.15, 0.2) is 0 Å². The Morgan fingerprint density at radius 1 is 1.26 bits per heavy atom. The minimum atomic E-state index is -0.00384. The molecule has 0 fully saturated rings. The van der Waals surface area contributed by atoms with Crippen LogP contribution in [0.2, 0.25) is 0 Å². The molecule has 1 amide bonds. The van der Waals surface area contributed by atoms with E-state index in [9.17, 15) is 4.79 Å². The van der Waals surface area contributed by atoms with Crippen molar-refractivity contribution in [3.63, 3.8) is 0 Å². The van der Waals surface area contributed by atoms with Gasteiger partial charge in [-0.05, 0) is 17.0 Å². The van der Waals surface area contributed by atoms with Crippen LogP contribution in [-0.2, 0) is 16.1 Å². The van der Waals surface area contributed by atoms with E-state index in [-0.39, 0.29) is 5.91 Å². The van der Waals surface area contributed by atoms with Gasteiger partial charge in [0.2, 0.25) is 5.91 Å². The molecule has 0 aliphatic rings. The molecular weight excluding hydrogens is 240 g/mol. The highest BCUT2D eigenvalue weighted by molar-refractivity contribution is 5.77. The lowest BCUT2D eigenvalue weighted by atomic mass is 10.0. The van der Waals surface area contributed by atoms with Crippen LogP contribution in [-0.4, -0.2) is 32.7 Å². The van der Waals surface area contributed by atoms with Crippen molar-refractivity contribution in [2.24, 2.45) is 0 Å². The Morgan fingerprint density at radius 2 is 1.95 bits per heavy atom. The van der Waals surface area contributed by atoms with Crippen LogP contribution in [0.15, 0.2) is 24.3 Å². The predicted octanol–water partition coefficient (Wildman–Crippen LogP) is 1.66. The van der Waals surface area contributed by atoms with Crippen molar-refractivity contribution in [1.82, 2.24) is 10.6 Å². The van der Waals surface area contributed by atoms with E-state index < -0.39 is 0 Å². The zero-order chi connectivity index (χ0) is 14.1. The normalized spacial score (nSPS) is 10.7. The van der Waals surface area contributed by atoms with Crippen molar-refractivity contribution in [2.45, 2.75) is 26.3 Å². The Hall–Kier alpha value is -1.39. The molecule has 2 N–H and O–H groups in total. The molecule has 4 heteroatoms. The van der Waals surface area contributed by atoms with Crippen LogP contribution in [0, 0.1) is 0 Å². The summed E-state index contributed by atoms with van der Waals surface area (Å²) in [5, 5.41) is 5.89. The van der Waals surface area contributed by atoms with Crippen LogP contribution in [0.1, 0.15) is 30.9 Å². The topological polar surface area (TPSA) is 50.4 Å². The second-order valence-corrected chi connectivity index (χ2v) is 4.84. The summed E-state index contributed by atoms with van der Waals surface area (Å²) in [4.78, 5) is 11.4. The second kappa shape index (κ2) is 8.67. The van der Waals surface area contributed by atoms with Gasteiger partial charge in [-0.25, -0.2) is 0 Å². The molecule has 1 rings (SSSR count). The summed E-state index contributed by atoms with van der Waals surface area (Å²) < 4.78 is 4.86. The monoisotopic (exact) mass is 264 g/mol. The third-order valence-corrected chi connectivity index (χ3v) is 2.89. The molecular formula is C15H24N2O2. The summed E-state index contributed by atoms with van der Waals surface area (Å²) in [6.45, 7) is 6.49. The molecule has 0 saturated heterocycles. The van der Waals surface area contributed by atoms with Gasteiger partial charge in [0.25, 0.3) is 0 Å². The van der Waals surface area contributed by atoms with Crippen LogP contribution in [0.4, 0.5) is 0 Å². The fraction of sp³-hybridized carbons (Fsp3) is 0.533.